The molecule has 2 aliphatic carbocycles. The van der Waals surface area contributed by atoms with E-state index < -0.39 is 0 Å². The van der Waals surface area contributed by atoms with E-state index in [1.807, 2.05) is 12.1 Å². The van der Waals surface area contributed by atoms with E-state index >= 15 is 0 Å². The Hall–Kier alpha value is -0.450. The van der Waals surface area contributed by atoms with Gasteiger partial charge in [-0.25, -0.2) is 0 Å². The molecule has 0 radical (unpaired) electrons. The van der Waals surface area contributed by atoms with Crippen LogP contribution in [0.5, 0.6) is 0 Å². The molecule has 0 spiro atoms. The van der Waals surface area contributed by atoms with Crippen molar-refractivity contribution in [2.75, 3.05) is 11.1 Å². The van der Waals surface area contributed by atoms with Crippen LogP contribution in [-0.2, 0) is 0 Å². The number of fused-ring (bicyclic) bond motifs is 2. The maximum Gasteiger partial charge on any atom is 0.0479 e. The van der Waals surface area contributed by atoms with Crippen molar-refractivity contribution < 1.29 is 0 Å². The van der Waals surface area contributed by atoms with Crippen molar-refractivity contribution in [3.8, 4) is 0 Å². The lowest BCUT2D eigenvalue weighted by Gasteiger charge is -2.24. The number of rotatable bonds is 2. The molecule has 0 aliphatic heterocycles. The fraction of sp³-hybridized carbons (Fsp3) is 0.538. The van der Waals surface area contributed by atoms with Crippen molar-refractivity contribution in [2.45, 2.75) is 31.7 Å². The lowest BCUT2D eigenvalue weighted by atomic mass is 9.95. The Bertz CT molecular complexity index is 405. The molecule has 86 valence electrons. The van der Waals surface area contributed by atoms with Crippen molar-refractivity contribution in [1.82, 2.24) is 0 Å². The van der Waals surface area contributed by atoms with E-state index in [9.17, 15) is 0 Å². The highest BCUT2D eigenvalue weighted by molar-refractivity contribution is 14.1. The first-order chi connectivity index (χ1) is 7.72. The molecule has 0 aromatic heterocycles. The summed E-state index contributed by atoms with van der Waals surface area (Å²) in [5.74, 6) is 1.91. The van der Waals surface area contributed by atoms with E-state index in [1.54, 1.807) is 0 Å². The lowest BCUT2D eigenvalue weighted by Crippen LogP contribution is -2.26. The number of hydrogen-bond acceptors (Lipinski definition) is 2. The minimum Gasteiger partial charge on any atom is -0.399 e. The summed E-state index contributed by atoms with van der Waals surface area (Å²) < 4.78 is 1.24. The van der Waals surface area contributed by atoms with Crippen LogP contribution in [0.2, 0.25) is 0 Å². The molecule has 0 heterocycles. The van der Waals surface area contributed by atoms with Gasteiger partial charge in [0.15, 0.2) is 0 Å². The molecular weight excluding hydrogens is 311 g/mol. The molecule has 2 fully saturated rings. The summed E-state index contributed by atoms with van der Waals surface area (Å²) in [5, 5.41) is 3.70. The minimum atomic E-state index is 0.705. The second-order valence-electron chi connectivity index (χ2n) is 5.16. The minimum absolute atomic E-state index is 0.705. The Labute approximate surface area is 110 Å². The van der Waals surface area contributed by atoms with Gasteiger partial charge < -0.3 is 11.1 Å². The summed E-state index contributed by atoms with van der Waals surface area (Å²) in [5.41, 5.74) is 7.87. The summed E-state index contributed by atoms with van der Waals surface area (Å²) in [6.07, 6.45) is 5.70. The number of nitrogen functional groups attached to an aromatic ring is 1. The van der Waals surface area contributed by atoms with Gasteiger partial charge in [0.25, 0.3) is 0 Å². The van der Waals surface area contributed by atoms with Gasteiger partial charge in [-0.2, -0.15) is 0 Å². The first-order valence-corrected chi connectivity index (χ1v) is 7.12. The summed E-state index contributed by atoms with van der Waals surface area (Å²) in [4.78, 5) is 0. The Balaban J connectivity index is 1.74. The number of hydrogen-bond donors (Lipinski definition) is 2. The predicted molar refractivity (Wildman–Crippen MR) is 76.4 cm³/mol. The summed E-state index contributed by atoms with van der Waals surface area (Å²) in [6.45, 7) is 0. The van der Waals surface area contributed by atoms with Crippen molar-refractivity contribution >= 4 is 34.0 Å². The third-order valence-corrected chi connectivity index (χ3v) is 4.96. The molecule has 2 saturated carbocycles. The molecule has 16 heavy (non-hydrogen) atoms. The predicted octanol–water partition coefficient (Wildman–Crippen LogP) is 3.47. The average Bonchev–Trinajstić information content (AvgIpc) is 2.84. The van der Waals surface area contributed by atoms with Crippen LogP contribution in [0.4, 0.5) is 11.4 Å². The molecule has 1 aromatic rings. The van der Waals surface area contributed by atoms with Gasteiger partial charge in [-0.1, -0.05) is 6.42 Å². The Morgan fingerprint density at radius 1 is 1.25 bits per heavy atom. The van der Waals surface area contributed by atoms with Gasteiger partial charge in [0.2, 0.25) is 0 Å². The largest absolute Gasteiger partial charge is 0.399 e. The van der Waals surface area contributed by atoms with Crippen molar-refractivity contribution in [3.05, 3.63) is 21.8 Å². The smallest absolute Gasteiger partial charge is 0.0479 e. The van der Waals surface area contributed by atoms with Gasteiger partial charge in [-0.3, -0.25) is 0 Å². The zero-order valence-corrected chi connectivity index (χ0v) is 11.4. The Kier molecular flexibility index (Phi) is 2.73. The molecule has 2 nitrogen and oxygen atoms in total. The van der Waals surface area contributed by atoms with Crippen LogP contribution in [0.15, 0.2) is 18.2 Å². The first-order valence-electron chi connectivity index (χ1n) is 6.04. The van der Waals surface area contributed by atoms with E-state index in [0.29, 0.717) is 6.04 Å². The van der Waals surface area contributed by atoms with Crippen LogP contribution in [-0.4, -0.2) is 6.04 Å². The Morgan fingerprint density at radius 2 is 2.12 bits per heavy atom. The van der Waals surface area contributed by atoms with Gasteiger partial charge in [0.1, 0.15) is 0 Å². The number of nitrogens with one attached hydrogen (secondary N) is 1. The standard InChI is InChI=1S/C13H17IN2/c14-11-7-10(15)3-4-12(11)16-13-6-8-1-2-9(13)5-8/h3-4,7-9,13,16H,1-2,5-6,15H2. The highest BCUT2D eigenvalue weighted by Gasteiger charge is 2.39. The lowest BCUT2D eigenvalue weighted by molar-refractivity contribution is 0.439. The van der Waals surface area contributed by atoms with Crippen LogP contribution in [0.1, 0.15) is 25.7 Å². The number of benzene rings is 1. The Morgan fingerprint density at radius 3 is 2.75 bits per heavy atom. The molecule has 3 rings (SSSR count). The summed E-state index contributed by atoms with van der Waals surface area (Å²) >= 11 is 2.36. The van der Waals surface area contributed by atoms with Crippen LogP contribution in [0.25, 0.3) is 0 Å². The molecule has 3 heteroatoms. The normalized spacial score (nSPS) is 31.9. The number of halogens is 1. The molecule has 2 bridgehead atoms. The fourth-order valence-corrected chi connectivity index (χ4v) is 3.96. The maximum absolute atomic E-state index is 5.76. The quantitative estimate of drug-likeness (QED) is 0.644. The van der Waals surface area contributed by atoms with Crippen LogP contribution in [0, 0.1) is 15.4 Å². The molecule has 1 aromatic carbocycles. The van der Waals surface area contributed by atoms with E-state index in [2.05, 4.69) is 34.0 Å². The van der Waals surface area contributed by atoms with Gasteiger partial charge >= 0.3 is 0 Å². The highest BCUT2D eigenvalue weighted by Crippen LogP contribution is 2.45. The van der Waals surface area contributed by atoms with Gasteiger partial charge in [0.05, 0.1) is 0 Å². The van der Waals surface area contributed by atoms with Gasteiger partial charge in [0, 0.05) is 21.0 Å². The number of nitrogens with two attached hydrogens (primary N) is 1. The number of anilines is 2. The van der Waals surface area contributed by atoms with Gasteiger partial charge in [-0.15, -0.1) is 0 Å². The second kappa shape index (κ2) is 4.09. The monoisotopic (exact) mass is 328 g/mol. The van der Waals surface area contributed by atoms with Crippen LogP contribution >= 0.6 is 22.6 Å². The topological polar surface area (TPSA) is 38.0 Å². The molecule has 3 atom stereocenters. The fourth-order valence-electron chi connectivity index (χ4n) is 3.27. The SMILES string of the molecule is Nc1ccc(NC2CC3CCC2C3)c(I)c1. The molecule has 0 saturated heterocycles. The van der Waals surface area contributed by atoms with Crippen LogP contribution in [0.3, 0.4) is 0 Å². The average molecular weight is 328 g/mol. The van der Waals surface area contributed by atoms with Crippen LogP contribution < -0.4 is 11.1 Å². The van der Waals surface area contributed by atoms with Gasteiger partial charge in [-0.05, 0) is 71.9 Å². The molecular formula is C13H17IN2. The van der Waals surface area contributed by atoms with Crippen molar-refractivity contribution in [2.24, 2.45) is 11.8 Å². The summed E-state index contributed by atoms with van der Waals surface area (Å²) in [7, 11) is 0. The first kappa shape index (κ1) is 10.7. The van der Waals surface area contributed by atoms with E-state index in [0.717, 1.165) is 17.5 Å². The second-order valence-corrected chi connectivity index (χ2v) is 6.33. The molecule has 0 amide bonds. The molecule has 3 unspecified atom stereocenters. The maximum atomic E-state index is 5.76. The van der Waals surface area contributed by atoms with Crippen molar-refractivity contribution in [1.29, 1.82) is 0 Å². The zero-order valence-electron chi connectivity index (χ0n) is 9.25. The molecule has 3 N–H and O–H groups in total. The van der Waals surface area contributed by atoms with E-state index in [4.69, 9.17) is 5.73 Å². The van der Waals surface area contributed by atoms with Crippen molar-refractivity contribution in [3.63, 3.8) is 0 Å². The third kappa shape index (κ3) is 1.90. The third-order valence-electron chi connectivity index (χ3n) is 4.07. The van der Waals surface area contributed by atoms with E-state index in [1.165, 1.54) is 34.9 Å². The highest BCUT2D eigenvalue weighted by atomic mass is 127. The zero-order chi connectivity index (χ0) is 11.1. The summed E-state index contributed by atoms with van der Waals surface area (Å²) in [6, 6.07) is 6.84. The molecule has 2 aliphatic rings. The van der Waals surface area contributed by atoms with E-state index in [-0.39, 0.29) is 0 Å².